The normalized spacial score (nSPS) is 11.0. The largest absolute Gasteiger partial charge is 0.356 e. The SMILES string of the molecule is C=CCNC(=NCC(=O)N(C)C)NCCc1c(C)cccc1C. The van der Waals surface area contributed by atoms with Gasteiger partial charge in [0.25, 0.3) is 0 Å². The number of likely N-dealkylation sites (N-methyl/N-ethyl adjacent to an activating group) is 1. The van der Waals surface area contributed by atoms with Crippen molar-refractivity contribution in [3.63, 3.8) is 0 Å². The molecule has 1 rings (SSSR count). The molecule has 126 valence electrons. The van der Waals surface area contributed by atoms with Gasteiger partial charge in [-0.05, 0) is 37.0 Å². The number of amides is 1. The van der Waals surface area contributed by atoms with E-state index in [1.807, 2.05) is 0 Å². The Kier molecular flexibility index (Phi) is 7.88. The second-order valence-electron chi connectivity index (χ2n) is 5.67. The smallest absolute Gasteiger partial charge is 0.243 e. The minimum Gasteiger partial charge on any atom is -0.356 e. The lowest BCUT2D eigenvalue weighted by Gasteiger charge is -2.14. The molecule has 2 N–H and O–H groups in total. The molecule has 0 spiro atoms. The molecule has 0 atom stereocenters. The molecule has 0 heterocycles. The number of hydrogen-bond donors (Lipinski definition) is 2. The summed E-state index contributed by atoms with van der Waals surface area (Å²) in [6.45, 7) is 9.43. The van der Waals surface area contributed by atoms with Crippen molar-refractivity contribution in [1.29, 1.82) is 0 Å². The van der Waals surface area contributed by atoms with Gasteiger partial charge in [-0.25, -0.2) is 4.99 Å². The average molecular weight is 316 g/mol. The predicted molar refractivity (Wildman–Crippen MR) is 96.8 cm³/mol. The van der Waals surface area contributed by atoms with Crippen LogP contribution >= 0.6 is 0 Å². The summed E-state index contributed by atoms with van der Waals surface area (Å²) in [7, 11) is 3.45. The minimum atomic E-state index is -0.0283. The van der Waals surface area contributed by atoms with Gasteiger partial charge in [-0.3, -0.25) is 4.79 Å². The van der Waals surface area contributed by atoms with E-state index in [-0.39, 0.29) is 12.5 Å². The fraction of sp³-hybridized carbons (Fsp3) is 0.444. The third-order valence-electron chi connectivity index (χ3n) is 3.60. The van der Waals surface area contributed by atoms with Crippen molar-refractivity contribution in [2.75, 3.05) is 33.7 Å². The number of carbonyl (C=O) groups excluding carboxylic acids is 1. The zero-order valence-corrected chi connectivity index (χ0v) is 14.6. The Bertz CT molecular complexity index is 544. The third kappa shape index (κ3) is 6.55. The van der Waals surface area contributed by atoms with Crippen LogP contribution in [0.4, 0.5) is 0 Å². The van der Waals surface area contributed by atoms with Crippen LogP contribution in [0.5, 0.6) is 0 Å². The van der Waals surface area contributed by atoms with Gasteiger partial charge in [-0.2, -0.15) is 0 Å². The van der Waals surface area contributed by atoms with Crippen LogP contribution in [0, 0.1) is 13.8 Å². The predicted octanol–water partition coefficient (Wildman–Crippen LogP) is 1.66. The van der Waals surface area contributed by atoms with E-state index in [2.05, 4.69) is 54.3 Å². The highest BCUT2D eigenvalue weighted by Crippen LogP contribution is 2.13. The average Bonchev–Trinajstić information content (AvgIpc) is 2.51. The molecule has 0 aliphatic heterocycles. The number of aryl methyl sites for hydroxylation is 2. The molecular weight excluding hydrogens is 288 g/mol. The van der Waals surface area contributed by atoms with Crippen molar-refractivity contribution in [3.05, 3.63) is 47.5 Å². The number of nitrogens with one attached hydrogen (secondary N) is 2. The summed E-state index contributed by atoms with van der Waals surface area (Å²) >= 11 is 0. The first-order valence-electron chi connectivity index (χ1n) is 7.84. The van der Waals surface area contributed by atoms with Gasteiger partial charge in [-0.15, -0.1) is 6.58 Å². The molecule has 0 saturated heterocycles. The first-order valence-corrected chi connectivity index (χ1v) is 7.84. The minimum absolute atomic E-state index is 0.0283. The lowest BCUT2D eigenvalue weighted by molar-refractivity contribution is -0.127. The summed E-state index contributed by atoms with van der Waals surface area (Å²) in [5, 5.41) is 6.40. The molecule has 0 saturated carbocycles. The highest BCUT2D eigenvalue weighted by Gasteiger charge is 2.05. The summed E-state index contributed by atoms with van der Waals surface area (Å²) in [6.07, 6.45) is 2.67. The maximum atomic E-state index is 11.6. The van der Waals surface area contributed by atoms with E-state index in [1.165, 1.54) is 21.6 Å². The Morgan fingerprint density at radius 1 is 1.26 bits per heavy atom. The van der Waals surface area contributed by atoms with Gasteiger partial charge in [0.2, 0.25) is 5.91 Å². The summed E-state index contributed by atoms with van der Waals surface area (Å²) in [6, 6.07) is 6.33. The summed E-state index contributed by atoms with van der Waals surface area (Å²) < 4.78 is 0. The summed E-state index contributed by atoms with van der Waals surface area (Å²) in [5.74, 6) is 0.603. The number of guanidine groups is 1. The number of nitrogens with zero attached hydrogens (tertiary/aromatic N) is 2. The van der Waals surface area contributed by atoms with Crippen LogP contribution in [0.2, 0.25) is 0 Å². The van der Waals surface area contributed by atoms with Gasteiger partial charge in [0.15, 0.2) is 5.96 Å². The van der Waals surface area contributed by atoms with E-state index < -0.39 is 0 Å². The van der Waals surface area contributed by atoms with Gasteiger partial charge >= 0.3 is 0 Å². The number of carbonyl (C=O) groups is 1. The van der Waals surface area contributed by atoms with Crippen LogP contribution in [-0.4, -0.2) is 50.5 Å². The molecule has 0 aliphatic rings. The first kappa shape index (κ1) is 18.7. The second kappa shape index (κ2) is 9.66. The second-order valence-corrected chi connectivity index (χ2v) is 5.67. The molecule has 0 fully saturated rings. The fourth-order valence-corrected chi connectivity index (χ4v) is 2.18. The van der Waals surface area contributed by atoms with Crippen molar-refractivity contribution in [2.45, 2.75) is 20.3 Å². The van der Waals surface area contributed by atoms with Crippen LogP contribution in [-0.2, 0) is 11.2 Å². The Labute approximate surface area is 139 Å². The van der Waals surface area contributed by atoms with E-state index in [0.717, 1.165) is 13.0 Å². The monoisotopic (exact) mass is 316 g/mol. The van der Waals surface area contributed by atoms with Gasteiger partial charge < -0.3 is 15.5 Å². The number of rotatable bonds is 7. The van der Waals surface area contributed by atoms with Crippen LogP contribution in [0.15, 0.2) is 35.8 Å². The van der Waals surface area contributed by atoms with Crippen LogP contribution < -0.4 is 10.6 Å². The fourth-order valence-electron chi connectivity index (χ4n) is 2.18. The van der Waals surface area contributed by atoms with E-state index in [9.17, 15) is 4.79 Å². The van der Waals surface area contributed by atoms with E-state index in [1.54, 1.807) is 20.2 Å². The summed E-state index contributed by atoms with van der Waals surface area (Å²) in [5.41, 5.74) is 3.95. The Morgan fingerprint density at radius 3 is 2.48 bits per heavy atom. The van der Waals surface area contributed by atoms with Gasteiger partial charge in [0, 0.05) is 27.2 Å². The molecule has 23 heavy (non-hydrogen) atoms. The topological polar surface area (TPSA) is 56.7 Å². The summed E-state index contributed by atoms with van der Waals surface area (Å²) in [4.78, 5) is 17.5. The van der Waals surface area contributed by atoms with Crippen LogP contribution in [0.25, 0.3) is 0 Å². The molecule has 1 aromatic carbocycles. The van der Waals surface area contributed by atoms with Crippen molar-refractivity contribution in [2.24, 2.45) is 4.99 Å². The van der Waals surface area contributed by atoms with E-state index in [0.29, 0.717) is 12.5 Å². The maximum absolute atomic E-state index is 11.6. The lowest BCUT2D eigenvalue weighted by atomic mass is 10.0. The van der Waals surface area contributed by atoms with E-state index >= 15 is 0 Å². The number of aliphatic imine (C=N–C) groups is 1. The molecule has 1 aromatic rings. The molecule has 0 unspecified atom stereocenters. The Hall–Kier alpha value is -2.30. The van der Waals surface area contributed by atoms with Gasteiger partial charge in [0.1, 0.15) is 6.54 Å². The van der Waals surface area contributed by atoms with Crippen LogP contribution in [0.3, 0.4) is 0 Å². The number of hydrogen-bond acceptors (Lipinski definition) is 2. The molecule has 1 amide bonds. The van der Waals surface area contributed by atoms with Gasteiger partial charge in [-0.1, -0.05) is 24.3 Å². The standard InChI is InChI=1S/C18H28N4O/c1-6-11-19-18(21-13-17(23)22(4)5)20-12-10-16-14(2)8-7-9-15(16)3/h6-9H,1,10-13H2,2-5H3,(H2,19,20,21). The lowest BCUT2D eigenvalue weighted by Crippen LogP contribution is -2.39. The molecule has 0 radical (unpaired) electrons. The highest BCUT2D eigenvalue weighted by atomic mass is 16.2. The molecular formula is C18H28N4O. The Balaban J connectivity index is 2.62. The molecule has 0 bridgehead atoms. The maximum Gasteiger partial charge on any atom is 0.243 e. The first-order chi connectivity index (χ1) is 11.0. The molecule has 0 aliphatic carbocycles. The van der Waals surface area contributed by atoms with Gasteiger partial charge in [0.05, 0.1) is 0 Å². The van der Waals surface area contributed by atoms with Crippen molar-refractivity contribution in [1.82, 2.24) is 15.5 Å². The zero-order chi connectivity index (χ0) is 17.2. The van der Waals surface area contributed by atoms with Crippen molar-refractivity contribution in [3.8, 4) is 0 Å². The zero-order valence-electron chi connectivity index (χ0n) is 14.6. The highest BCUT2D eigenvalue weighted by molar-refractivity contribution is 5.84. The quantitative estimate of drug-likeness (QED) is 0.457. The van der Waals surface area contributed by atoms with Crippen molar-refractivity contribution < 1.29 is 4.79 Å². The third-order valence-corrected chi connectivity index (χ3v) is 3.60. The molecule has 5 heteroatoms. The molecule has 0 aromatic heterocycles. The number of benzene rings is 1. The molecule has 5 nitrogen and oxygen atoms in total. The Morgan fingerprint density at radius 2 is 1.91 bits per heavy atom. The van der Waals surface area contributed by atoms with E-state index in [4.69, 9.17) is 0 Å². The van der Waals surface area contributed by atoms with Crippen LogP contribution in [0.1, 0.15) is 16.7 Å². The van der Waals surface area contributed by atoms with Crippen molar-refractivity contribution >= 4 is 11.9 Å².